The molecular weight excluding hydrogens is 434 g/mol. The maximum absolute atomic E-state index is 12.6. The molecule has 3 rings (SSSR count). The number of hydrogen-bond donors (Lipinski definition) is 2. The van der Waals surface area contributed by atoms with Gasteiger partial charge in [0.15, 0.2) is 5.78 Å². The predicted molar refractivity (Wildman–Crippen MR) is 145 cm³/mol. The third-order valence-corrected chi connectivity index (χ3v) is 6.39. The number of carbonyl (C=O) groups is 1. The Labute approximate surface area is 209 Å². The van der Waals surface area contributed by atoms with Crippen LogP contribution in [0.15, 0.2) is 48.7 Å². The highest BCUT2D eigenvalue weighted by molar-refractivity contribution is 5.96. The minimum absolute atomic E-state index is 0.0146. The smallest absolute Gasteiger partial charge is 0.162 e. The Morgan fingerprint density at radius 1 is 1.09 bits per heavy atom. The van der Waals surface area contributed by atoms with Crippen molar-refractivity contribution in [2.75, 3.05) is 25.4 Å². The number of pyridine rings is 1. The average molecular weight is 472 g/mol. The van der Waals surface area contributed by atoms with E-state index >= 15 is 0 Å². The van der Waals surface area contributed by atoms with Crippen molar-refractivity contribution in [3.63, 3.8) is 0 Å². The molecule has 3 aromatic rings. The van der Waals surface area contributed by atoms with Crippen molar-refractivity contribution in [2.24, 2.45) is 0 Å². The van der Waals surface area contributed by atoms with E-state index in [9.17, 15) is 9.90 Å². The van der Waals surface area contributed by atoms with E-state index in [-0.39, 0.29) is 11.2 Å². The molecule has 0 aliphatic carbocycles. The van der Waals surface area contributed by atoms with Crippen LogP contribution in [0.2, 0.25) is 0 Å². The zero-order valence-corrected chi connectivity index (χ0v) is 21.6. The Morgan fingerprint density at radius 2 is 1.77 bits per heavy atom. The lowest BCUT2D eigenvalue weighted by atomic mass is 9.85. The first-order valence-corrected chi connectivity index (χ1v) is 12.4. The largest absolute Gasteiger partial charge is 0.392 e. The van der Waals surface area contributed by atoms with Crippen molar-refractivity contribution in [1.82, 2.24) is 9.88 Å². The summed E-state index contributed by atoms with van der Waals surface area (Å²) in [6, 6.07) is 13.6. The molecule has 2 aromatic carbocycles. The Kier molecular flexibility index (Phi) is 8.67. The van der Waals surface area contributed by atoms with E-state index in [0.717, 1.165) is 35.0 Å². The van der Waals surface area contributed by atoms with Crippen LogP contribution < -0.4 is 5.73 Å². The van der Waals surface area contributed by atoms with Crippen molar-refractivity contribution in [1.29, 1.82) is 0 Å². The first-order chi connectivity index (χ1) is 16.6. The minimum Gasteiger partial charge on any atom is -0.392 e. The molecule has 1 heterocycles. The number of Topliss-reactive ketones (excluding diaryl/α,β-unsaturated/α-hetero) is 1. The molecule has 0 spiro atoms. The maximum atomic E-state index is 12.6. The maximum Gasteiger partial charge on any atom is 0.162 e. The fraction of sp³-hybridized carbons (Fsp3) is 0.400. The summed E-state index contributed by atoms with van der Waals surface area (Å²) in [7, 11) is 0. The summed E-state index contributed by atoms with van der Waals surface area (Å²) < 4.78 is 0. The van der Waals surface area contributed by atoms with Gasteiger partial charge < -0.3 is 15.7 Å². The van der Waals surface area contributed by atoms with Gasteiger partial charge in [0, 0.05) is 41.1 Å². The van der Waals surface area contributed by atoms with Gasteiger partial charge in [-0.1, -0.05) is 70.7 Å². The summed E-state index contributed by atoms with van der Waals surface area (Å²) in [5, 5.41) is 12.2. The SMILES string of the molecule is CCN(CC)CC(O)CCC(=O)c1ccc(C#Cc2c(N)ncc3ccc(C(C)(C)C)cc23)cc1. The van der Waals surface area contributed by atoms with E-state index < -0.39 is 6.10 Å². The number of nitrogens with two attached hydrogens (primary N) is 1. The van der Waals surface area contributed by atoms with Gasteiger partial charge in [-0.05, 0) is 48.7 Å². The molecule has 0 amide bonds. The third kappa shape index (κ3) is 6.91. The number of nitrogen functional groups attached to an aromatic ring is 1. The average Bonchev–Trinajstić information content (AvgIpc) is 2.84. The molecule has 1 unspecified atom stereocenters. The molecule has 0 aliphatic heterocycles. The second-order valence-electron chi connectivity index (χ2n) is 10.00. The molecule has 0 bridgehead atoms. The summed E-state index contributed by atoms with van der Waals surface area (Å²) in [5.41, 5.74) is 9.57. The topological polar surface area (TPSA) is 79.5 Å². The molecule has 0 fully saturated rings. The van der Waals surface area contributed by atoms with Crippen LogP contribution in [0.25, 0.3) is 10.8 Å². The molecule has 1 atom stereocenters. The van der Waals surface area contributed by atoms with Crippen LogP contribution in [0.3, 0.4) is 0 Å². The molecule has 1 aromatic heterocycles. The number of anilines is 1. The number of aliphatic hydroxyl groups excluding tert-OH is 1. The van der Waals surface area contributed by atoms with Crippen molar-refractivity contribution >= 4 is 22.4 Å². The standard InChI is InChI=1S/C30H37N3O2/c1-6-33(7-2)20-25(34)15-17-28(35)22-11-8-21(9-12-22)10-16-26-27-18-24(30(3,4)5)14-13-23(27)19-32-29(26)31/h8-9,11-14,18-19,25,34H,6-7,15,17,20H2,1-5H3,(H2,31,32). The van der Waals surface area contributed by atoms with E-state index in [1.165, 1.54) is 5.56 Å². The number of hydrogen-bond acceptors (Lipinski definition) is 5. The highest BCUT2D eigenvalue weighted by atomic mass is 16.3. The molecule has 35 heavy (non-hydrogen) atoms. The van der Waals surface area contributed by atoms with Crippen LogP contribution in [-0.4, -0.2) is 46.5 Å². The van der Waals surface area contributed by atoms with E-state index in [1.807, 2.05) is 12.1 Å². The van der Waals surface area contributed by atoms with E-state index in [4.69, 9.17) is 5.73 Å². The Bertz CT molecular complexity index is 1230. The number of fused-ring (bicyclic) bond motifs is 1. The number of nitrogens with zero attached hydrogens (tertiary/aromatic N) is 2. The van der Waals surface area contributed by atoms with Gasteiger partial charge in [0.2, 0.25) is 0 Å². The molecule has 3 N–H and O–H groups in total. The number of rotatable bonds is 8. The number of carbonyl (C=O) groups excluding carboxylic acids is 1. The highest BCUT2D eigenvalue weighted by Crippen LogP contribution is 2.29. The van der Waals surface area contributed by atoms with Crippen LogP contribution in [0, 0.1) is 11.8 Å². The molecular formula is C30H37N3O2. The minimum atomic E-state index is -0.498. The van der Waals surface area contributed by atoms with Crippen LogP contribution in [0.4, 0.5) is 5.82 Å². The predicted octanol–water partition coefficient (Wildman–Crippen LogP) is 5.18. The van der Waals surface area contributed by atoms with Gasteiger partial charge in [-0.2, -0.15) is 0 Å². The highest BCUT2D eigenvalue weighted by Gasteiger charge is 2.16. The summed E-state index contributed by atoms with van der Waals surface area (Å²) in [5.74, 6) is 6.82. The Hall–Kier alpha value is -3.20. The normalized spacial score (nSPS) is 12.4. The fourth-order valence-corrected chi connectivity index (χ4v) is 4.01. The lowest BCUT2D eigenvalue weighted by Crippen LogP contribution is -2.32. The zero-order chi connectivity index (χ0) is 25.6. The van der Waals surface area contributed by atoms with Gasteiger partial charge in [0.05, 0.1) is 11.7 Å². The fourth-order valence-electron chi connectivity index (χ4n) is 4.01. The summed E-state index contributed by atoms with van der Waals surface area (Å²) in [6.07, 6.45) is 2.06. The van der Waals surface area contributed by atoms with Gasteiger partial charge in [0.1, 0.15) is 5.82 Å². The summed E-state index contributed by atoms with van der Waals surface area (Å²) in [4.78, 5) is 19.1. The first kappa shape index (κ1) is 26.4. The van der Waals surface area contributed by atoms with Crippen LogP contribution in [0.5, 0.6) is 0 Å². The Morgan fingerprint density at radius 3 is 2.40 bits per heavy atom. The molecule has 0 saturated carbocycles. The number of likely N-dealkylation sites (N-methyl/N-ethyl adjacent to an activating group) is 1. The Balaban J connectivity index is 1.74. The molecule has 0 radical (unpaired) electrons. The molecule has 0 aliphatic rings. The number of ketones is 1. The van der Waals surface area contributed by atoms with Crippen molar-refractivity contribution in [2.45, 2.75) is 59.0 Å². The third-order valence-electron chi connectivity index (χ3n) is 6.39. The molecule has 5 heteroatoms. The second kappa shape index (κ2) is 11.5. The van der Waals surface area contributed by atoms with Crippen molar-refractivity contribution in [3.8, 4) is 11.8 Å². The zero-order valence-electron chi connectivity index (χ0n) is 21.6. The van der Waals surface area contributed by atoms with Gasteiger partial charge in [-0.15, -0.1) is 0 Å². The second-order valence-corrected chi connectivity index (χ2v) is 10.00. The number of aromatic nitrogens is 1. The van der Waals surface area contributed by atoms with Crippen LogP contribution >= 0.6 is 0 Å². The van der Waals surface area contributed by atoms with Crippen molar-refractivity contribution in [3.05, 3.63) is 70.9 Å². The van der Waals surface area contributed by atoms with E-state index in [2.05, 4.69) is 74.5 Å². The quantitative estimate of drug-likeness (QED) is 0.350. The molecule has 5 nitrogen and oxygen atoms in total. The van der Waals surface area contributed by atoms with Gasteiger partial charge in [0.25, 0.3) is 0 Å². The lowest BCUT2D eigenvalue weighted by molar-refractivity contribution is 0.0877. The van der Waals surface area contributed by atoms with Gasteiger partial charge >= 0.3 is 0 Å². The van der Waals surface area contributed by atoms with Gasteiger partial charge in [-0.3, -0.25) is 4.79 Å². The molecule has 0 saturated heterocycles. The number of benzene rings is 2. The summed E-state index contributed by atoms with van der Waals surface area (Å²) in [6.45, 7) is 13.1. The monoisotopic (exact) mass is 471 g/mol. The van der Waals surface area contributed by atoms with Crippen LogP contribution in [0.1, 0.15) is 74.5 Å². The molecule has 184 valence electrons. The van der Waals surface area contributed by atoms with E-state index in [0.29, 0.717) is 30.8 Å². The lowest BCUT2D eigenvalue weighted by Gasteiger charge is -2.21. The number of aliphatic hydroxyl groups is 1. The van der Waals surface area contributed by atoms with Gasteiger partial charge in [-0.25, -0.2) is 4.98 Å². The van der Waals surface area contributed by atoms with Crippen molar-refractivity contribution < 1.29 is 9.90 Å². The summed E-state index contributed by atoms with van der Waals surface area (Å²) >= 11 is 0. The first-order valence-electron chi connectivity index (χ1n) is 12.4. The van der Waals surface area contributed by atoms with Crippen LogP contribution in [-0.2, 0) is 5.41 Å². The van der Waals surface area contributed by atoms with E-state index in [1.54, 1.807) is 18.3 Å².